The third-order valence-corrected chi connectivity index (χ3v) is 5.36. The number of hydrogen-bond donors (Lipinski definition) is 0. The Hall–Kier alpha value is -4.64. The van der Waals surface area contributed by atoms with Gasteiger partial charge in [0.2, 0.25) is 0 Å². The number of nitrogens with zero attached hydrogens (tertiary/aromatic N) is 1. The van der Waals surface area contributed by atoms with Crippen molar-refractivity contribution in [2.24, 2.45) is 0 Å². The van der Waals surface area contributed by atoms with E-state index in [-0.39, 0.29) is 11.5 Å². The summed E-state index contributed by atoms with van der Waals surface area (Å²) in [5.41, 5.74) is 3.81. The van der Waals surface area contributed by atoms with Gasteiger partial charge in [0.1, 0.15) is 0 Å². The number of anilines is 2. The monoisotopic (exact) mass is 463 g/mol. The highest BCUT2D eigenvalue weighted by atomic mass is 16.6. The molecule has 4 aromatic carbocycles. The van der Waals surface area contributed by atoms with Gasteiger partial charge in [-0.1, -0.05) is 78.4 Å². The van der Waals surface area contributed by atoms with Gasteiger partial charge in [-0.15, -0.1) is 0 Å². The Morgan fingerprint density at radius 1 is 0.743 bits per heavy atom. The Balaban J connectivity index is 1.55. The van der Waals surface area contributed by atoms with Crippen LogP contribution in [0.25, 0.3) is 6.08 Å². The van der Waals surface area contributed by atoms with E-state index < -0.39 is 6.09 Å². The number of benzene rings is 4. The second-order valence-corrected chi connectivity index (χ2v) is 7.85. The van der Waals surface area contributed by atoms with E-state index in [2.05, 4.69) is 0 Å². The minimum absolute atomic E-state index is 0.0964. The van der Waals surface area contributed by atoms with E-state index in [0.717, 1.165) is 11.1 Å². The lowest BCUT2D eigenvalue weighted by atomic mass is 10.1. The van der Waals surface area contributed by atoms with Gasteiger partial charge in [-0.3, -0.25) is 4.79 Å². The number of ether oxygens (including phenoxy) is 2. The normalized spacial score (nSPS) is 10.7. The molecule has 0 fully saturated rings. The van der Waals surface area contributed by atoms with Gasteiger partial charge in [0.25, 0.3) is 0 Å². The second-order valence-electron chi connectivity index (χ2n) is 7.85. The fourth-order valence-corrected chi connectivity index (χ4v) is 3.51. The summed E-state index contributed by atoms with van der Waals surface area (Å²) < 4.78 is 11.2. The third kappa shape index (κ3) is 5.84. The van der Waals surface area contributed by atoms with Crippen molar-refractivity contribution in [2.75, 3.05) is 12.0 Å². The van der Waals surface area contributed by atoms with E-state index in [1.807, 2.05) is 79.7 Å². The molecule has 0 aliphatic heterocycles. The number of carbonyl (C=O) groups is 2. The highest BCUT2D eigenvalue weighted by Gasteiger charge is 2.21. The summed E-state index contributed by atoms with van der Waals surface area (Å²) >= 11 is 0. The molecule has 35 heavy (non-hydrogen) atoms. The quantitative estimate of drug-likeness (QED) is 0.214. The van der Waals surface area contributed by atoms with Crippen LogP contribution in [-0.2, 0) is 0 Å². The fourth-order valence-electron chi connectivity index (χ4n) is 3.51. The van der Waals surface area contributed by atoms with Gasteiger partial charge in [-0.2, -0.15) is 0 Å². The van der Waals surface area contributed by atoms with Crippen molar-refractivity contribution >= 4 is 29.3 Å². The summed E-state index contributed by atoms with van der Waals surface area (Å²) in [4.78, 5) is 27.2. The number of para-hydroxylation sites is 2. The maximum Gasteiger partial charge on any atom is 0.424 e. The number of carbonyl (C=O) groups excluding carboxylic acids is 2. The predicted octanol–water partition coefficient (Wildman–Crippen LogP) is 7.24. The maximum absolute atomic E-state index is 13.3. The van der Waals surface area contributed by atoms with Gasteiger partial charge in [0.05, 0.1) is 18.5 Å². The predicted molar refractivity (Wildman–Crippen MR) is 139 cm³/mol. The van der Waals surface area contributed by atoms with Crippen molar-refractivity contribution in [3.05, 3.63) is 126 Å². The lowest BCUT2D eigenvalue weighted by Gasteiger charge is -2.22. The van der Waals surface area contributed by atoms with E-state index in [0.29, 0.717) is 22.7 Å². The molecule has 174 valence electrons. The Labute approximate surface area is 204 Å². The molecular formula is C30H25NO4. The van der Waals surface area contributed by atoms with Crippen LogP contribution in [0.1, 0.15) is 21.5 Å². The van der Waals surface area contributed by atoms with Gasteiger partial charge in [-0.25, -0.2) is 9.69 Å². The Kier molecular flexibility index (Phi) is 7.38. The van der Waals surface area contributed by atoms with E-state index in [9.17, 15) is 9.59 Å². The van der Waals surface area contributed by atoms with E-state index in [1.165, 1.54) is 18.1 Å². The zero-order valence-corrected chi connectivity index (χ0v) is 19.5. The molecule has 0 aliphatic rings. The van der Waals surface area contributed by atoms with Crippen LogP contribution in [0.4, 0.5) is 16.2 Å². The second kappa shape index (κ2) is 11.0. The van der Waals surface area contributed by atoms with Gasteiger partial charge >= 0.3 is 6.09 Å². The van der Waals surface area contributed by atoms with Gasteiger partial charge < -0.3 is 9.47 Å². The lowest BCUT2D eigenvalue weighted by Crippen LogP contribution is -2.29. The molecule has 0 aliphatic carbocycles. The Bertz CT molecular complexity index is 1290. The fraction of sp³-hybridized carbons (Fsp3) is 0.0667. The average molecular weight is 464 g/mol. The number of ketones is 1. The summed E-state index contributed by atoms with van der Waals surface area (Å²) in [5.74, 6) is 0.557. The molecule has 0 atom stereocenters. The van der Waals surface area contributed by atoms with Gasteiger partial charge in [0.15, 0.2) is 17.3 Å². The smallest absolute Gasteiger partial charge is 0.424 e. The first-order valence-corrected chi connectivity index (χ1v) is 11.1. The summed E-state index contributed by atoms with van der Waals surface area (Å²) in [5, 5.41) is 0. The van der Waals surface area contributed by atoms with Gasteiger partial charge in [-0.05, 0) is 55.0 Å². The van der Waals surface area contributed by atoms with Crippen LogP contribution in [0.15, 0.2) is 109 Å². The summed E-state index contributed by atoms with van der Waals surface area (Å²) in [6.45, 7) is 1.98. The molecule has 0 aromatic heterocycles. The largest absolute Gasteiger partial charge is 0.493 e. The number of methoxy groups -OCH3 is 1. The summed E-state index contributed by atoms with van der Waals surface area (Å²) in [6.07, 6.45) is 2.65. The molecule has 0 saturated carbocycles. The van der Waals surface area contributed by atoms with Crippen LogP contribution in [0.5, 0.6) is 11.5 Å². The highest BCUT2D eigenvalue weighted by molar-refractivity contribution is 6.06. The Morgan fingerprint density at radius 2 is 1.34 bits per heavy atom. The molecule has 0 radical (unpaired) electrons. The minimum atomic E-state index is -0.571. The van der Waals surface area contributed by atoms with Crippen LogP contribution in [-0.4, -0.2) is 19.0 Å². The van der Waals surface area contributed by atoms with Crippen LogP contribution in [0.2, 0.25) is 0 Å². The zero-order valence-electron chi connectivity index (χ0n) is 19.5. The van der Waals surface area contributed by atoms with Crippen molar-refractivity contribution in [1.29, 1.82) is 0 Å². The third-order valence-electron chi connectivity index (χ3n) is 5.36. The zero-order chi connectivity index (χ0) is 24.6. The first-order chi connectivity index (χ1) is 17.0. The topological polar surface area (TPSA) is 55.8 Å². The number of allylic oxidation sites excluding steroid dienone is 1. The molecule has 1 amide bonds. The van der Waals surface area contributed by atoms with E-state index >= 15 is 0 Å². The number of hydrogen-bond acceptors (Lipinski definition) is 4. The van der Waals surface area contributed by atoms with E-state index in [4.69, 9.17) is 9.47 Å². The van der Waals surface area contributed by atoms with Crippen molar-refractivity contribution in [3.63, 3.8) is 0 Å². The molecule has 4 rings (SSSR count). The molecule has 0 N–H and O–H groups in total. The Morgan fingerprint density at radius 3 is 1.91 bits per heavy atom. The molecule has 5 nitrogen and oxygen atoms in total. The van der Waals surface area contributed by atoms with E-state index in [1.54, 1.807) is 36.4 Å². The molecule has 0 bridgehead atoms. The number of rotatable bonds is 7. The summed E-state index contributed by atoms with van der Waals surface area (Å²) in [6, 6.07) is 31.1. The number of amides is 1. The van der Waals surface area contributed by atoms with Crippen molar-refractivity contribution < 1.29 is 19.1 Å². The molecule has 0 heterocycles. The van der Waals surface area contributed by atoms with Crippen molar-refractivity contribution in [3.8, 4) is 11.5 Å². The average Bonchev–Trinajstić information content (AvgIpc) is 2.89. The molecular weight excluding hydrogens is 438 g/mol. The SMILES string of the molecule is COc1cc(/C=C/C(=O)c2ccc(C)cc2)ccc1OC(=O)N(c1ccccc1)c1ccccc1. The maximum atomic E-state index is 13.3. The summed E-state index contributed by atoms with van der Waals surface area (Å²) in [7, 11) is 1.50. The lowest BCUT2D eigenvalue weighted by molar-refractivity contribution is 0.104. The van der Waals surface area contributed by atoms with Crippen LogP contribution in [0, 0.1) is 6.92 Å². The van der Waals surface area contributed by atoms with Crippen molar-refractivity contribution in [2.45, 2.75) is 6.92 Å². The van der Waals surface area contributed by atoms with Gasteiger partial charge in [0, 0.05) is 5.56 Å². The molecule has 4 aromatic rings. The minimum Gasteiger partial charge on any atom is -0.493 e. The van der Waals surface area contributed by atoms with Crippen LogP contribution in [0.3, 0.4) is 0 Å². The van der Waals surface area contributed by atoms with Crippen LogP contribution >= 0.6 is 0 Å². The first-order valence-electron chi connectivity index (χ1n) is 11.1. The standard InChI is InChI=1S/C30H25NO4/c1-22-13-17-24(18-14-22)27(32)19-15-23-16-20-28(29(21-23)34-2)35-30(33)31(25-9-5-3-6-10-25)26-11-7-4-8-12-26/h3-21H,1-2H3/b19-15+. The van der Waals surface area contributed by atoms with Crippen LogP contribution < -0.4 is 14.4 Å². The molecule has 5 heteroatoms. The highest BCUT2D eigenvalue weighted by Crippen LogP contribution is 2.32. The number of aryl methyl sites for hydroxylation is 1. The van der Waals surface area contributed by atoms with Crippen molar-refractivity contribution in [1.82, 2.24) is 0 Å². The molecule has 0 unspecified atom stereocenters. The molecule has 0 saturated heterocycles. The first kappa shape index (κ1) is 23.5. The molecule has 0 spiro atoms.